The maximum absolute atomic E-state index is 13.6. The van der Waals surface area contributed by atoms with Crippen molar-refractivity contribution in [1.29, 1.82) is 0 Å². The first-order chi connectivity index (χ1) is 17.4. The number of piperidine rings is 1. The van der Waals surface area contributed by atoms with E-state index in [4.69, 9.17) is 9.26 Å². The van der Waals surface area contributed by atoms with Gasteiger partial charge in [-0.15, -0.1) is 0 Å². The number of aryl methyl sites for hydroxylation is 1. The van der Waals surface area contributed by atoms with Crippen LogP contribution in [0.15, 0.2) is 45.7 Å². The van der Waals surface area contributed by atoms with Crippen LogP contribution < -0.4 is 15.6 Å². The third-order valence-corrected chi connectivity index (χ3v) is 6.31. The summed E-state index contributed by atoms with van der Waals surface area (Å²) >= 11 is 0. The lowest BCUT2D eigenvalue weighted by atomic mass is 10.1. The second kappa shape index (κ2) is 12.0. The van der Waals surface area contributed by atoms with E-state index in [-0.39, 0.29) is 29.9 Å². The Kier molecular flexibility index (Phi) is 8.53. The molecule has 0 unspecified atom stereocenters. The van der Waals surface area contributed by atoms with E-state index in [1.807, 2.05) is 38.1 Å². The molecule has 0 bridgehead atoms. The maximum atomic E-state index is 13.6. The lowest BCUT2D eigenvalue weighted by Gasteiger charge is -2.25. The van der Waals surface area contributed by atoms with Gasteiger partial charge in [0.15, 0.2) is 0 Å². The summed E-state index contributed by atoms with van der Waals surface area (Å²) in [5.74, 6) is 1.17. The quantitative estimate of drug-likeness (QED) is 0.461. The van der Waals surface area contributed by atoms with Gasteiger partial charge in [0.2, 0.25) is 17.6 Å². The van der Waals surface area contributed by atoms with Crippen molar-refractivity contribution < 1.29 is 14.1 Å². The molecule has 0 radical (unpaired) electrons. The lowest BCUT2D eigenvalue weighted by Crippen LogP contribution is -2.36. The molecule has 0 aliphatic carbocycles. The largest absolute Gasteiger partial charge is 0.497 e. The van der Waals surface area contributed by atoms with Crippen molar-refractivity contribution in [3.8, 4) is 28.4 Å². The number of nitrogens with zero attached hydrogens (tertiary/aromatic N) is 4. The molecule has 9 nitrogen and oxygen atoms in total. The second-order valence-corrected chi connectivity index (χ2v) is 9.50. The van der Waals surface area contributed by atoms with Crippen LogP contribution in [0.3, 0.4) is 0 Å². The first-order valence-corrected chi connectivity index (χ1v) is 12.7. The van der Waals surface area contributed by atoms with Gasteiger partial charge in [-0.1, -0.05) is 23.7 Å². The zero-order chi connectivity index (χ0) is 25.5. The van der Waals surface area contributed by atoms with E-state index in [9.17, 15) is 9.59 Å². The zero-order valence-corrected chi connectivity index (χ0v) is 21.3. The summed E-state index contributed by atoms with van der Waals surface area (Å²) in [4.78, 5) is 33.2. The van der Waals surface area contributed by atoms with E-state index in [0.717, 1.165) is 31.6 Å². The molecule has 1 fully saturated rings. The minimum Gasteiger partial charge on any atom is -0.497 e. The molecule has 2 aromatic heterocycles. The van der Waals surface area contributed by atoms with Crippen LogP contribution in [0.5, 0.6) is 5.75 Å². The molecule has 1 amide bonds. The Morgan fingerprint density at radius 3 is 2.72 bits per heavy atom. The molecule has 1 saturated heterocycles. The zero-order valence-electron chi connectivity index (χ0n) is 21.3. The minimum absolute atomic E-state index is 0.0404. The number of carbonyl (C=O) groups excluding carboxylic acids is 1. The van der Waals surface area contributed by atoms with Crippen molar-refractivity contribution in [2.24, 2.45) is 0 Å². The van der Waals surface area contributed by atoms with Crippen molar-refractivity contribution in [3.05, 3.63) is 52.6 Å². The van der Waals surface area contributed by atoms with Crippen molar-refractivity contribution in [3.63, 3.8) is 0 Å². The molecule has 192 valence electrons. The molecule has 0 saturated carbocycles. The van der Waals surface area contributed by atoms with Crippen LogP contribution in [0.25, 0.3) is 22.6 Å². The van der Waals surface area contributed by atoms with Gasteiger partial charge >= 0.3 is 0 Å². The van der Waals surface area contributed by atoms with Gasteiger partial charge in [-0.05, 0) is 77.0 Å². The number of nitrogens with one attached hydrogen (secondary N) is 1. The van der Waals surface area contributed by atoms with Crippen LogP contribution in [0.1, 0.15) is 45.4 Å². The first kappa shape index (κ1) is 25.6. The monoisotopic (exact) mass is 493 g/mol. The number of benzene rings is 1. The Morgan fingerprint density at radius 1 is 1.17 bits per heavy atom. The van der Waals surface area contributed by atoms with Crippen molar-refractivity contribution in [2.75, 3.05) is 26.7 Å². The summed E-state index contributed by atoms with van der Waals surface area (Å²) in [7, 11) is 1.59. The second-order valence-electron chi connectivity index (χ2n) is 9.50. The molecule has 9 heteroatoms. The van der Waals surface area contributed by atoms with Gasteiger partial charge in [-0.25, -0.2) is 0 Å². The summed E-state index contributed by atoms with van der Waals surface area (Å²) < 4.78 is 12.3. The van der Waals surface area contributed by atoms with Crippen LogP contribution >= 0.6 is 0 Å². The normalized spacial score (nSPS) is 14.2. The fourth-order valence-electron chi connectivity index (χ4n) is 4.55. The average molecular weight is 494 g/mol. The Balaban J connectivity index is 1.59. The lowest BCUT2D eigenvalue weighted by molar-refractivity contribution is -0.122. The Labute approximate surface area is 211 Å². The molecule has 3 aromatic rings. The molecule has 1 N–H and O–H groups in total. The summed E-state index contributed by atoms with van der Waals surface area (Å²) in [5.41, 5.74) is 1.31. The van der Waals surface area contributed by atoms with Gasteiger partial charge in [-0.3, -0.25) is 14.2 Å². The SMILES string of the molecule is COc1cccc(-c2ccc(-c3noc(CCCN4CCCCC4)n3)c(=O)n2CC(=O)NC(C)C)c1. The van der Waals surface area contributed by atoms with Crippen LogP contribution in [0, 0.1) is 0 Å². The first-order valence-electron chi connectivity index (χ1n) is 12.7. The van der Waals surface area contributed by atoms with E-state index >= 15 is 0 Å². The van der Waals surface area contributed by atoms with E-state index in [1.54, 1.807) is 19.2 Å². The van der Waals surface area contributed by atoms with Gasteiger partial charge in [-0.2, -0.15) is 4.98 Å². The van der Waals surface area contributed by atoms with Crippen molar-refractivity contribution >= 4 is 5.91 Å². The predicted octanol–water partition coefficient (Wildman–Crippen LogP) is 3.52. The highest BCUT2D eigenvalue weighted by Crippen LogP contribution is 2.25. The fraction of sp³-hybridized carbons (Fsp3) is 0.481. The molecular weight excluding hydrogens is 458 g/mol. The van der Waals surface area contributed by atoms with Crippen LogP contribution in [0.2, 0.25) is 0 Å². The molecule has 1 aromatic carbocycles. The highest BCUT2D eigenvalue weighted by atomic mass is 16.5. The number of aromatic nitrogens is 3. The van der Waals surface area contributed by atoms with Gasteiger partial charge in [0.25, 0.3) is 5.56 Å². The number of carbonyl (C=O) groups is 1. The molecule has 4 rings (SSSR count). The van der Waals surface area contributed by atoms with Gasteiger partial charge < -0.3 is 19.5 Å². The van der Waals surface area contributed by atoms with E-state index in [0.29, 0.717) is 29.3 Å². The molecular formula is C27H35N5O4. The van der Waals surface area contributed by atoms with Crippen LogP contribution in [-0.4, -0.2) is 58.3 Å². The Bertz CT molecular complexity index is 1230. The smallest absolute Gasteiger partial charge is 0.262 e. The third-order valence-electron chi connectivity index (χ3n) is 6.31. The summed E-state index contributed by atoms with van der Waals surface area (Å²) in [6, 6.07) is 10.8. The van der Waals surface area contributed by atoms with E-state index in [1.165, 1.54) is 23.8 Å². The number of methoxy groups -OCH3 is 1. The summed E-state index contributed by atoms with van der Waals surface area (Å²) in [6.45, 7) is 6.94. The Hall–Kier alpha value is -3.46. The molecule has 0 atom stereocenters. The van der Waals surface area contributed by atoms with Crippen molar-refractivity contribution in [1.82, 2.24) is 24.9 Å². The third kappa shape index (κ3) is 6.40. The van der Waals surface area contributed by atoms with Crippen LogP contribution in [0.4, 0.5) is 0 Å². The number of rotatable bonds is 10. The fourth-order valence-corrected chi connectivity index (χ4v) is 4.55. The molecule has 3 heterocycles. The number of pyridine rings is 1. The number of likely N-dealkylation sites (tertiary alicyclic amines) is 1. The molecule has 36 heavy (non-hydrogen) atoms. The standard InChI is InChI=1S/C27H35N5O4/c1-19(2)28-24(33)18-32-23(20-9-7-10-21(17-20)35-3)13-12-22(27(32)34)26-29-25(36-30-26)11-8-16-31-14-5-4-6-15-31/h7,9-10,12-13,17,19H,4-6,8,11,14-16,18H2,1-3H3,(H,28,33). The highest BCUT2D eigenvalue weighted by molar-refractivity contribution is 5.77. The summed E-state index contributed by atoms with van der Waals surface area (Å²) in [6.07, 6.45) is 5.43. The van der Waals surface area contributed by atoms with Gasteiger partial charge in [0, 0.05) is 18.0 Å². The highest BCUT2D eigenvalue weighted by Gasteiger charge is 2.19. The number of hydrogen-bond acceptors (Lipinski definition) is 7. The van der Waals surface area contributed by atoms with E-state index < -0.39 is 0 Å². The van der Waals surface area contributed by atoms with Gasteiger partial charge in [0.1, 0.15) is 12.3 Å². The number of ether oxygens (including phenoxy) is 1. The van der Waals surface area contributed by atoms with Crippen molar-refractivity contribution in [2.45, 2.75) is 58.5 Å². The van der Waals surface area contributed by atoms with Crippen LogP contribution in [-0.2, 0) is 17.8 Å². The van der Waals surface area contributed by atoms with Gasteiger partial charge in [0.05, 0.1) is 18.4 Å². The molecule has 1 aliphatic heterocycles. The maximum Gasteiger partial charge on any atom is 0.262 e. The topological polar surface area (TPSA) is 102 Å². The molecule has 1 aliphatic rings. The minimum atomic E-state index is -0.352. The average Bonchev–Trinajstić information content (AvgIpc) is 3.34. The van der Waals surface area contributed by atoms with E-state index in [2.05, 4.69) is 20.4 Å². The summed E-state index contributed by atoms with van der Waals surface area (Å²) in [5, 5.41) is 6.93. The number of amides is 1. The Morgan fingerprint density at radius 2 is 1.97 bits per heavy atom. The number of hydrogen-bond donors (Lipinski definition) is 1. The molecule has 0 spiro atoms. The predicted molar refractivity (Wildman–Crippen MR) is 138 cm³/mol.